The van der Waals surface area contributed by atoms with Gasteiger partial charge in [0.1, 0.15) is 0 Å². The molecule has 20 heavy (non-hydrogen) atoms. The van der Waals surface area contributed by atoms with Gasteiger partial charge in [-0.25, -0.2) is 0 Å². The molecule has 0 unspecified atom stereocenters. The molecule has 0 aliphatic heterocycles. The molecule has 0 bridgehead atoms. The van der Waals surface area contributed by atoms with Gasteiger partial charge in [-0.15, -0.1) is 0 Å². The van der Waals surface area contributed by atoms with Crippen LogP contribution in [0.1, 0.15) is 20.3 Å². The maximum Gasteiger partial charge on any atom is 0.330 e. The van der Waals surface area contributed by atoms with Crippen LogP contribution in [0.4, 0.5) is 0 Å². The normalized spacial score (nSPS) is 11.6. The number of aromatic amines is 1. The zero-order valence-electron chi connectivity index (χ0n) is 11.6. The Kier molecular flexibility index (Phi) is 7.30. The summed E-state index contributed by atoms with van der Waals surface area (Å²) in [5.41, 5.74) is -0.354. The van der Waals surface area contributed by atoms with Crippen LogP contribution < -0.4 is 10.3 Å². The summed E-state index contributed by atoms with van der Waals surface area (Å²) >= 11 is 5.75. The molecule has 8 heteroatoms. The van der Waals surface area contributed by atoms with E-state index in [4.69, 9.17) is 25.4 Å². The standard InChI is InChI=1S/C12H19ClNO5P/c1-3-18-20(16,19-4-2)7-5-6-17-11-8-10(13)9-14-12(11)15/h8-9H,3-7H2,1-2H3,(H,14,15). The number of H-pyrrole nitrogens is 1. The Morgan fingerprint density at radius 3 is 2.55 bits per heavy atom. The number of hydrogen-bond donors (Lipinski definition) is 1. The maximum atomic E-state index is 12.2. The molecule has 0 saturated heterocycles. The van der Waals surface area contributed by atoms with Crippen LogP contribution in [0.5, 0.6) is 5.75 Å². The van der Waals surface area contributed by atoms with E-state index in [1.165, 1.54) is 12.3 Å². The second kappa shape index (κ2) is 8.47. The highest BCUT2D eigenvalue weighted by Crippen LogP contribution is 2.48. The van der Waals surface area contributed by atoms with E-state index in [1.54, 1.807) is 13.8 Å². The quantitative estimate of drug-likeness (QED) is 0.558. The Hall–Kier alpha value is -0.810. The zero-order valence-corrected chi connectivity index (χ0v) is 13.2. The molecule has 0 aliphatic carbocycles. The third kappa shape index (κ3) is 5.67. The van der Waals surface area contributed by atoms with Crippen molar-refractivity contribution in [1.82, 2.24) is 4.98 Å². The summed E-state index contributed by atoms with van der Waals surface area (Å²) in [5.74, 6) is 0.139. The van der Waals surface area contributed by atoms with E-state index < -0.39 is 7.60 Å². The Labute approximate surface area is 122 Å². The van der Waals surface area contributed by atoms with E-state index in [2.05, 4.69) is 4.98 Å². The Balaban J connectivity index is 2.46. The lowest BCUT2D eigenvalue weighted by atomic mass is 10.4. The zero-order chi connectivity index (χ0) is 15.0. The van der Waals surface area contributed by atoms with Crippen LogP contribution in [0, 0.1) is 0 Å². The first-order chi connectivity index (χ1) is 9.50. The third-order valence-corrected chi connectivity index (χ3v) is 4.70. The first-order valence-corrected chi connectivity index (χ1v) is 8.50. The lowest BCUT2D eigenvalue weighted by molar-refractivity contribution is 0.216. The Morgan fingerprint density at radius 2 is 1.95 bits per heavy atom. The molecule has 0 fully saturated rings. The lowest BCUT2D eigenvalue weighted by Gasteiger charge is -2.16. The van der Waals surface area contributed by atoms with E-state index in [9.17, 15) is 9.36 Å². The van der Waals surface area contributed by atoms with Crippen molar-refractivity contribution < 1.29 is 18.3 Å². The number of ether oxygens (including phenoxy) is 1. The fraction of sp³-hybridized carbons (Fsp3) is 0.583. The topological polar surface area (TPSA) is 77.6 Å². The largest absolute Gasteiger partial charge is 0.488 e. The molecule has 0 aromatic carbocycles. The second-order valence-electron chi connectivity index (χ2n) is 3.88. The predicted octanol–water partition coefficient (Wildman–Crippen LogP) is 3.06. The van der Waals surface area contributed by atoms with E-state index in [1.807, 2.05) is 0 Å². The summed E-state index contributed by atoms with van der Waals surface area (Å²) in [6.45, 7) is 4.40. The minimum Gasteiger partial charge on any atom is -0.488 e. The van der Waals surface area contributed by atoms with Gasteiger partial charge in [0.15, 0.2) is 5.75 Å². The predicted molar refractivity (Wildman–Crippen MR) is 77.9 cm³/mol. The minimum atomic E-state index is -3.05. The molecule has 1 heterocycles. The molecule has 6 nitrogen and oxygen atoms in total. The number of pyridine rings is 1. The van der Waals surface area contributed by atoms with Gasteiger partial charge in [0.05, 0.1) is 31.0 Å². The fourth-order valence-electron chi connectivity index (χ4n) is 1.55. The van der Waals surface area contributed by atoms with Crippen LogP contribution in [0.2, 0.25) is 5.02 Å². The molecule has 0 atom stereocenters. The van der Waals surface area contributed by atoms with Crippen LogP contribution in [0.25, 0.3) is 0 Å². The molecular formula is C12H19ClNO5P. The van der Waals surface area contributed by atoms with Crippen molar-refractivity contribution in [1.29, 1.82) is 0 Å². The summed E-state index contributed by atoms with van der Waals surface area (Å²) in [6, 6.07) is 1.44. The van der Waals surface area contributed by atoms with Gasteiger partial charge in [-0.3, -0.25) is 9.36 Å². The van der Waals surface area contributed by atoms with Crippen molar-refractivity contribution >= 4 is 19.2 Å². The van der Waals surface area contributed by atoms with Crippen molar-refractivity contribution in [2.24, 2.45) is 0 Å². The molecule has 1 N–H and O–H groups in total. The Morgan fingerprint density at radius 1 is 1.30 bits per heavy atom. The van der Waals surface area contributed by atoms with Gasteiger partial charge in [0.25, 0.3) is 5.56 Å². The molecule has 0 aliphatic rings. The summed E-state index contributed by atoms with van der Waals surface area (Å²) in [7, 11) is -3.05. The van der Waals surface area contributed by atoms with Crippen LogP contribution in [0.15, 0.2) is 17.1 Å². The van der Waals surface area contributed by atoms with Crippen molar-refractivity contribution in [3.8, 4) is 5.75 Å². The number of rotatable bonds is 9. The molecule has 1 aromatic rings. The molecular weight excluding hydrogens is 305 g/mol. The fourth-order valence-corrected chi connectivity index (χ4v) is 3.33. The number of aromatic nitrogens is 1. The molecule has 0 spiro atoms. The highest BCUT2D eigenvalue weighted by molar-refractivity contribution is 7.53. The first-order valence-electron chi connectivity index (χ1n) is 6.40. The first kappa shape index (κ1) is 17.2. The van der Waals surface area contributed by atoms with Gasteiger partial charge < -0.3 is 18.8 Å². The SMILES string of the molecule is CCOP(=O)(CCCOc1cc(Cl)c[nH]c1=O)OCC. The highest BCUT2D eigenvalue weighted by atomic mass is 35.5. The highest BCUT2D eigenvalue weighted by Gasteiger charge is 2.22. The number of hydrogen-bond acceptors (Lipinski definition) is 5. The average Bonchev–Trinajstić information content (AvgIpc) is 2.39. The van der Waals surface area contributed by atoms with Crippen molar-refractivity contribution in [2.45, 2.75) is 20.3 Å². The van der Waals surface area contributed by atoms with E-state index in [0.29, 0.717) is 24.7 Å². The van der Waals surface area contributed by atoms with Crippen molar-refractivity contribution in [3.05, 3.63) is 27.6 Å². The lowest BCUT2D eigenvalue weighted by Crippen LogP contribution is -2.12. The average molecular weight is 324 g/mol. The minimum absolute atomic E-state index is 0.139. The van der Waals surface area contributed by atoms with E-state index in [0.717, 1.165) is 0 Å². The van der Waals surface area contributed by atoms with Crippen LogP contribution in [-0.4, -0.2) is 31.0 Å². The molecule has 114 valence electrons. The Bertz CT molecular complexity index is 509. The van der Waals surface area contributed by atoms with Crippen molar-refractivity contribution in [2.75, 3.05) is 26.0 Å². The van der Waals surface area contributed by atoms with Gasteiger partial charge >= 0.3 is 7.60 Å². The maximum absolute atomic E-state index is 12.2. The summed E-state index contributed by atoms with van der Waals surface area (Å²) in [5, 5.41) is 0.383. The van der Waals surface area contributed by atoms with E-state index >= 15 is 0 Å². The third-order valence-electron chi connectivity index (χ3n) is 2.32. The van der Waals surface area contributed by atoms with Gasteiger partial charge in [0, 0.05) is 12.3 Å². The summed E-state index contributed by atoms with van der Waals surface area (Å²) < 4.78 is 27.8. The van der Waals surface area contributed by atoms with Crippen molar-refractivity contribution in [3.63, 3.8) is 0 Å². The molecule has 1 rings (SSSR count). The monoisotopic (exact) mass is 323 g/mol. The van der Waals surface area contributed by atoms with E-state index in [-0.39, 0.29) is 24.1 Å². The smallest absolute Gasteiger partial charge is 0.330 e. The molecule has 0 amide bonds. The van der Waals surface area contributed by atoms with Gasteiger partial charge in [-0.2, -0.15) is 0 Å². The van der Waals surface area contributed by atoms with Gasteiger partial charge in [0.2, 0.25) is 0 Å². The second-order valence-corrected chi connectivity index (χ2v) is 6.51. The number of nitrogens with one attached hydrogen (secondary N) is 1. The van der Waals surface area contributed by atoms with Gasteiger partial charge in [-0.05, 0) is 20.3 Å². The van der Waals surface area contributed by atoms with Crippen LogP contribution in [-0.2, 0) is 13.6 Å². The van der Waals surface area contributed by atoms with Gasteiger partial charge in [-0.1, -0.05) is 11.6 Å². The summed E-state index contributed by atoms with van der Waals surface area (Å²) in [6.07, 6.45) is 2.07. The molecule has 1 aromatic heterocycles. The summed E-state index contributed by atoms with van der Waals surface area (Å²) in [4.78, 5) is 13.9. The molecule has 0 radical (unpaired) electrons. The molecule has 0 saturated carbocycles. The number of halogens is 1. The van der Waals surface area contributed by atoms with Crippen LogP contribution >= 0.6 is 19.2 Å². The van der Waals surface area contributed by atoms with Crippen LogP contribution in [0.3, 0.4) is 0 Å².